The van der Waals surface area contributed by atoms with E-state index < -0.39 is 87.0 Å². The summed E-state index contributed by atoms with van der Waals surface area (Å²) in [7, 11) is -5.11. The number of amides is 4. The van der Waals surface area contributed by atoms with Crippen LogP contribution in [-0.2, 0) is 56.8 Å². The number of hydrogen-bond donors (Lipinski definition) is 4. The van der Waals surface area contributed by atoms with Gasteiger partial charge in [0.15, 0.2) is 10.8 Å². The van der Waals surface area contributed by atoms with Crippen molar-refractivity contribution in [2.24, 2.45) is 5.16 Å². The van der Waals surface area contributed by atoms with Gasteiger partial charge in [-0.05, 0) is 76.2 Å². The fourth-order valence-corrected chi connectivity index (χ4v) is 5.68. The second-order valence-electron chi connectivity index (χ2n) is 15.1. The minimum atomic E-state index is -5.11. The number of hydrogen-bond acceptors (Lipinski definition) is 16. The Bertz CT molecular complexity index is 1850. The van der Waals surface area contributed by atoms with Crippen molar-refractivity contribution in [3.8, 4) is 0 Å². The van der Waals surface area contributed by atoms with Gasteiger partial charge in [-0.25, -0.2) is 23.7 Å². The first-order valence-electron chi connectivity index (χ1n) is 16.0. The quantitative estimate of drug-likeness (QED) is 0.0599. The van der Waals surface area contributed by atoms with Crippen LogP contribution in [0.25, 0.3) is 0 Å². The van der Waals surface area contributed by atoms with Gasteiger partial charge >= 0.3 is 28.5 Å². The molecule has 1 aliphatic heterocycles. The van der Waals surface area contributed by atoms with E-state index >= 15 is 0 Å². The van der Waals surface area contributed by atoms with Gasteiger partial charge in [0, 0.05) is 5.38 Å². The van der Waals surface area contributed by atoms with Crippen LogP contribution in [0.15, 0.2) is 16.7 Å². The third kappa shape index (κ3) is 12.6. The predicted molar refractivity (Wildman–Crippen MR) is 187 cm³/mol. The highest BCUT2D eigenvalue weighted by Crippen LogP contribution is 2.26. The molecule has 0 radical (unpaired) electrons. The zero-order chi connectivity index (χ0) is 40.3. The van der Waals surface area contributed by atoms with Gasteiger partial charge in [0.05, 0.1) is 19.3 Å². The number of carbonyl (C=O) groups is 5. The molecule has 21 nitrogen and oxygen atoms in total. The SMILES string of the molecule is CC(C)(C)OC(=O)NCc1cnn(C[C@@H]2[C@H](NC(=O)/C(=N\OC(C)(C)C(=O)OC(C)(C)C)c3csc(NC(=O)OC(C)(C)C)n3)C(=O)N2S(=O)(=O)O)n1. The summed E-state index contributed by atoms with van der Waals surface area (Å²) in [5, 5.41) is 20.6. The Balaban J connectivity index is 1.89. The van der Waals surface area contributed by atoms with Crippen molar-refractivity contribution in [1.29, 1.82) is 0 Å². The molecule has 2 aromatic rings. The highest BCUT2D eigenvalue weighted by atomic mass is 32.2. The molecule has 0 spiro atoms. The molecule has 53 heavy (non-hydrogen) atoms. The van der Waals surface area contributed by atoms with Crippen LogP contribution >= 0.6 is 11.3 Å². The molecule has 4 N–H and O–H groups in total. The van der Waals surface area contributed by atoms with Crippen molar-refractivity contribution in [3.05, 3.63) is 23.0 Å². The van der Waals surface area contributed by atoms with E-state index in [-0.39, 0.29) is 27.4 Å². The van der Waals surface area contributed by atoms with Crippen molar-refractivity contribution >= 4 is 62.5 Å². The molecule has 2 atom stereocenters. The Labute approximate surface area is 310 Å². The topological polar surface area (TPSA) is 272 Å². The smallest absolute Gasteiger partial charge is 0.413 e. The number of thiazole rings is 1. The molecule has 3 heterocycles. The van der Waals surface area contributed by atoms with E-state index in [9.17, 15) is 36.9 Å². The van der Waals surface area contributed by atoms with E-state index in [4.69, 9.17) is 19.0 Å². The maximum absolute atomic E-state index is 13.8. The number of nitrogens with zero attached hydrogens (tertiary/aromatic N) is 6. The summed E-state index contributed by atoms with van der Waals surface area (Å²) in [6, 6.07) is -3.03. The number of aromatic nitrogens is 4. The Kier molecular flexibility index (Phi) is 12.5. The van der Waals surface area contributed by atoms with E-state index in [0.717, 1.165) is 16.1 Å². The average molecular weight is 788 g/mol. The summed E-state index contributed by atoms with van der Waals surface area (Å²) in [6.45, 7) is 17.0. The molecule has 3 rings (SSSR count). The van der Waals surface area contributed by atoms with Crippen LogP contribution < -0.4 is 16.0 Å². The standard InChI is InChI=1S/C30H45N9O12S2/c1-27(2,3)48-23(42)30(10,11)51-37-19(17-15-52-24(33-17)35-26(44)50-29(7,8)9)21(40)34-20-18(39(22(20)41)53(45,46)47)14-38-32-13-16(36-38)12-31-25(43)49-28(4,5)6/h13,15,18,20H,12,14H2,1-11H3,(H,31,43)(H,34,40)(H,33,35,44)(H,45,46,47)/b37-19-/t18-,20+/m1/s1. The van der Waals surface area contributed by atoms with E-state index in [1.54, 1.807) is 62.3 Å². The number of oxime groups is 1. The fraction of sp³-hybridized carbons (Fsp3) is 0.633. The predicted octanol–water partition coefficient (Wildman–Crippen LogP) is 2.15. The molecule has 0 saturated carbocycles. The van der Waals surface area contributed by atoms with Crippen LogP contribution in [0, 0.1) is 0 Å². The largest absolute Gasteiger partial charge is 0.457 e. The van der Waals surface area contributed by atoms with Crippen molar-refractivity contribution in [2.75, 3.05) is 5.32 Å². The van der Waals surface area contributed by atoms with E-state index in [1.165, 1.54) is 25.4 Å². The Morgan fingerprint density at radius 1 is 0.943 bits per heavy atom. The number of carbonyl (C=O) groups excluding carboxylic acids is 5. The number of nitrogens with one attached hydrogen (secondary N) is 3. The average Bonchev–Trinajstić information content (AvgIpc) is 3.60. The Morgan fingerprint density at radius 3 is 2.09 bits per heavy atom. The highest BCUT2D eigenvalue weighted by Gasteiger charge is 2.54. The highest BCUT2D eigenvalue weighted by molar-refractivity contribution is 7.84. The zero-order valence-corrected chi connectivity index (χ0v) is 32.8. The third-order valence-electron chi connectivity index (χ3n) is 6.28. The molecule has 0 aliphatic carbocycles. The van der Waals surface area contributed by atoms with Crippen LogP contribution in [0.1, 0.15) is 87.5 Å². The van der Waals surface area contributed by atoms with Gasteiger partial charge < -0.3 is 29.7 Å². The number of anilines is 1. The molecule has 2 aromatic heterocycles. The van der Waals surface area contributed by atoms with E-state index in [2.05, 4.69) is 36.3 Å². The Morgan fingerprint density at radius 2 is 1.53 bits per heavy atom. The van der Waals surface area contributed by atoms with Crippen molar-refractivity contribution in [2.45, 2.75) is 124 Å². The summed E-state index contributed by atoms with van der Waals surface area (Å²) < 4.78 is 50.0. The van der Waals surface area contributed by atoms with Gasteiger partial charge in [-0.15, -0.1) is 11.3 Å². The first-order valence-corrected chi connectivity index (χ1v) is 18.3. The number of alkyl carbamates (subject to hydrolysis) is 1. The fourth-order valence-electron chi connectivity index (χ4n) is 4.13. The summed E-state index contributed by atoms with van der Waals surface area (Å²) in [4.78, 5) is 74.6. The van der Waals surface area contributed by atoms with Crippen molar-refractivity contribution in [3.63, 3.8) is 0 Å². The van der Waals surface area contributed by atoms with E-state index in [0.29, 0.717) is 0 Å². The maximum atomic E-state index is 13.8. The number of β-lactam (4-membered cyclic amide) rings is 1. The van der Waals surface area contributed by atoms with Gasteiger partial charge in [-0.2, -0.15) is 23.4 Å². The van der Waals surface area contributed by atoms with Gasteiger partial charge in [0.2, 0.25) is 5.60 Å². The molecule has 294 valence electrons. The molecule has 1 aliphatic rings. The molecule has 1 saturated heterocycles. The number of rotatable bonds is 12. The maximum Gasteiger partial charge on any atom is 0.413 e. The lowest BCUT2D eigenvalue weighted by Crippen LogP contribution is -2.73. The minimum absolute atomic E-state index is 0.0157. The molecule has 0 aromatic carbocycles. The number of esters is 1. The van der Waals surface area contributed by atoms with Crippen molar-refractivity contribution in [1.82, 2.24) is 34.9 Å². The normalized spacial score (nSPS) is 17.0. The summed E-state index contributed by atoms with van der Waals surface area (Å²) in [6.07, 6.45) is -0.295. The Hall–Kier alpha value is -4.90. The van der Waals surface area contributed by atoms with Crippen LogP contribution in [0.3, 0.4) is 0 Å². The lowest BCUT2D eigenvalue weighted by molar-refractivity contribution is -0.179. The monoisotopic (exact) mass is 787 g/mol. The second kappa shape index (κ2) is 15.6. The molecule has 23 heteroatoms. The molecular formula is C30H45N9O12S2. The molecule has 0 bridgehead atoms. The minimum Gasteiger partial charge on any atom is -0.457 e. The number of ether oxygens (including phenoxy) is 3. The van der Waals surface area contributed by atoms with Crippen LogP contribution in [-0.4, -0.2) is 107 Å². The van der Waals surface area contributed by atoms with Gasteiger partial charge in [-0.1, -0.05) is 5.16 Å². The van der Waals surface area contributed by atoms with Gasteiger partial charge in [0.25, 0.3) is 11.8 Å². The molecule has 0 unspecified atom stereocenters. The molecular weight excluding hydrogens is 743 g/mol. The van der Waals surface area contributed by atoms with Gasteiger partial charge in [-0.3, -0.25) is 19.5 Å². The van der Waals surface area contributed by atoms with Gasteiger partial charge in [0.1, 0.15) is 40.3 Å². The molecule has 4 amide bonds. The van der Waals surface area contributed by atoms with Crippen LogP contribution in [0.5, 0.6) is 0 Å². The van der Waals surface area contributed by atoms with Crippen LogP contribution in [0.4, 0.5) is 14.7 Å². The summed E-state index contributed by atoms with van der Waals surface area (Å²) >= 11 is 0.880. The summed E-state index contributed by atoms with van der Waals surface area (Å²) in [5.74, 6) is -3.15. The lowest BCUT2D eigenvalue weighted by Gasteiger charge is -2.43. The van der Waals surface area contributed by atoms with Crippen LogP contribution in [0.2, 0.25) is 0 Å². The second-order valence-corrected chi connectivity index (χ2v) is 17.2. The third-order valence-corrected chi connectivity index (χ3v) is 7.98. The van der Waals surface area contributed by atoms with Crippen molar-refractivity contribution < 1.29 is 56.0 Å². The van der Waals surface area contributed by atoms with E-state index in [1.807, 2.05) is 0 Å². The lowest BCUT2D eigenvalue weighted by atomic mass is 9.98. The first-order chi connectivity index (χ1) is 24.0. The first kappa shape index (κ1) is 42.5. The zero-order valence-electron chi connectivity index (χ0n) is 31.2. The molecule has 1 fully saturated rings. The summed E-state index contributed by atoms with van der Waals surface area (Å²) in [5.41, 5.74) is -4.74.